The number of hydrogen-bond donors (Lipinski definition) is 0. The van der Waals surface area contributed by atoms with Crippen molar-refractivity contribution in [2.75, 3.05) is 13.1 Å². The summed E-state index contributed by atoms with van der Waals surface area (Å²) in [6.07, 6.45) is 5.68. The standard InChI is InChI=1S/C22H30N2/c1-6-19-7-9-20(10-8-19)15-24-12-11-23-14-18(5)17(4)13-21(23)22(24)16(2)3/h7-10,13-14,16,22H,4,6,11-12,15H2,1-3,5H3. The number of aryl methyl sites for hydroxylation is 1. The molecule has 0 saturated carbocycles. The number of allylic oxidation sites excluding steroid dienone is 3. The third-order valence-corrected chi connectivity index (χ3v) is 5.28. The van der Waals surface area contributed by atoms with Gasteiger partial charge in [0, 0.05) is 31.5 Å². The minimum absolute atomic E-state index is 0.450. The van der Waals surface area contributed by atoms with E-state index in [0.29, 0.717) is 12.0 Å². The molecule has 1 saturated heterocycles. The normalized spacial score (nSPS) is 21.6. The molecule has 2 heteroatoms. The molecule has 0 amide bonds. The Morgan fingerprint density at radius 2 is 1.79 bits per heavy atom. The van der Waals surface area contributed by atoms with E-state index in [-0.39, 0.29) is 0 Å². The van der Waals surface area contributed by atoms with E-state index in [1.54, 1.807) is 0 Å². The molecular weight excluding hydrogens is 292 g/mol. The monoisotopic (exact) mass is 322 g/mol. The van der Waals surface area contributed by atoms with Gasteiger partial charge in [0.1, 0.15) is 0 Å². The summed E-state index contributed by atoms with van der Waals surface area (Å²) in [5.74, 6) is 0.577. The Morgan fingerprint density at radius 1 is 1.12 bits per heavy atom. The molecular formula is C22H30N2. The summed E-state index contributed by atoms with van der Waals surface area (Å²) in [5.41, 5.74) is 6.67. The molecule has 2 aliphatic heterocycles. The SMILES string of the molecule is C=C1C=C2C(C(C)C)N(Cc3ccc(CC)cc3)CCN2C=C1C. The van der Waals surface area contributed by atoms with Crippen molar-refractivity contribution < 1.29 is 0 Å². The maximum atomic E-state index is 4.22. The maximum Gasteiger partial charge on any atom is 0.0527 e. The zero-order valence-corrected chi connectivity index (χ0v) is 15.5. The third-order valence-electron chi connectivity index (χ3n) is 5.28. The molecule has 1 aromatic carbocycles. The molecule has 3 rings (SSSR count). The number of benzene rings is 1. The van der Waals surface area contributed by atoms with Crippen LogP contribution >= 0.6 is 0 Å². The molecule has 0 bridgehead atoms. The van der Waals surface area contributed by atoms with Crippen LogP contribution in [0.15, 0.2) is 60.0 Å². The average molecular weight is 322 g/mol. The lowest BCUT2D eigenvalue weighted by Crippen LogP contribution is -2.52. The van der Waals surface area contributed by atoms with Crippen molar-refractivity contribution in [3.8, 4) is 0 Å². The van der Waals surface area contributed by atoms with E-state index in [0.717, 1.165) is 31.6 Å². The van der Waals surface area contributed by atoms with Gasteiger partial charge in [-0.05, 0) is 47.6 Å². The smallest absolute Gasteiger partial charge is 0.0527 e. The summed E-state index contributed by atoms with van der Waals surface area (Å²) in [6, 6.07) is 9.57. The second-order valence-electron chi connectivity index (χ2n) is 7.43. The fourth-order valence-electron chi connectivity index (χ4n) is 3.83. The third kappa shape index (κ3) is 3.34. The number of piperazine rings is 1. The lowest BCUT2D eigenvalue weighted by atomic mass is 9.91. The first kappa shape index (κ1) is 17.0. The Kier molecular flexibility index (Phi) is 4.96. The van der Waals surface area contributed by atoms with Crippen LogP contribution in [0.1, 0.15) is 38.8 Å². The minimum Gasteiger partial charge on any atom is -0.348 e. The van der Waals surface area contributed by atoms with Crippen LogP contribution < -0.4 is 0 Å². The fourth-order valence-corrected chi connectivity index (χ4v) is 3.83. The van der Waals surface area contributed by atoms with Gasteiger partial charge in [-0.2, -0.15) is 0 Å². The lowest BCUT2D eigenvalue weighted by Gasteiger charge is -2.46. The van der Waals surface area contributed by atoms with Gasteiger partial charge in [-0.1, -0.05) is 51.6 Å². The molecule has 1 aromatic rings. The van der Waals surface area contributed by atoms with Crippen LogP contribution in [0.4, 0.5) is 0 Å². The van der Waals surface area contributed by atoms with Crippen molar-refractivity contribution in [2.45, 2.75) is 46.7 Å². The molecule has 1 unspecified atom stereocenters. The van der Waals surface area contributed by atoms with E-state index in [1.807, 2.05) is 0 Å². The number of hydrogen-bond acceptors (Lipinski definition) is 2. The van der Waals surface area contributed by atoms with Crippen LogP contribution in [0.5, 0.6) is 0 Å². The van der Waals surface area contributed by atoms with E-state index in [1.165, 1.54) is 22.4 Å². The summed E-state index contributed by atoms with van der Waals surface area (Å²) in [6.45, 7) is 16.4. The van der Waals surface area contributed by atoms with Gasteiger partial charge in [0.05, 0.1) is 6.04 Å². The van der Waals surface area contributed by atoms with Gasteiger partial charge in [-0.3, -0.25) is 4.90 Å². The van der Waals surface area contributed by atoms with Crippen molar-refractivity contribution >= 4 is 0 Å². The van der Waals surface area contributed by atoms with Crippen LogP contribution in [0.3, 0.4) is 0 Å². The predicted octanol–water partition coefficient (Wildman–Crippen LogP) is 4.75. The molecule has 128 valence electrons. The Morgan fingerprint density at radius 3 is 2.42 bits per heavy atom. The lowest BCUT2D eigenvalue weighted by molar-refractivity contribution is 0.104. The molecule has 0 N–H and O–H groups in total. The Hall–Kier alpha value is -1.80. The summed E-state index contributed by atoms with van der Waals surface area (Å²) in [4.78, 5) is 5.07. The average Bonchev–Trinajstić information content (AvgIpc) is 2.56. The van der Waals surface area contributed by atoms with E-state index in [9.17, 15) is 0 Å². The zero-order chi connectivity index (χ0) is 17.3. The summed E-state index contributed by atoms with van der Waals surface area (Å²) >= 11 is 0. The Balaban J connectivity index is 1.83. The van der Waals surface area contributed by atoms with Gasteiger partial charge in [-0.25, -0.2) is 0 Å². The number of fused-ring (bicyclic) bond motifs is 1. The van der Waals surface area contributed by atoms with E-state index >= 15 is 0 Å². The quantitative estimate of drug-likeness (QED) is 0.789. The first-order chi connectivity index (χ1) is 11.5. The first-order valence-electron chi connectivity index (χ1n) is 9.17. The van der Waals surface area contributed by atoms with Crippen LogP contribution in [-0.2, 0) is 13.0 Å². The molecule has 0 radical (unpaired) electrons. The molecule has 1 atom stereocenters. The van der Waals surface area contributed by atoms with Gasteiger partial charge in [0.2, 0.25) is 0 Å². The maximum absolute atomic E-state index is 4.22. The summed E-state index contributed by atoms with van der Waals surface area (Å²) in [7, 11) is 0. The summed E-state index contributed by atoms with van der Waals surface area (Å²) in [5, 5.41) is 0. The second-order valence-corrected chi connectivity index (χ2v) is 7.43. The fraction of sp³-hybridized carbons (Fsp3) is 0.455. The van der Waals surface area contributed by atoms with Crippen molar-refractivity contribution in [3.05, 3.63) is 71.1 Å². The van der Waals surface area contributed by atoms with Crippen molar-refractivity contribution in [1.82, 2.24) is 9.80 Å². The van der Waals surface area contributed by atoms with Gasteiger partial charge < -0.3 is 4.90 Å². The van der Waals surface area contributed by atoms with Crippen molar-refractivity contribution in [1.29, 1.82) is 0 Å². The Bertz CT molecular complexity index is 664. The molecule has 0 aliphatic carbocycles. The second kappa shape index (κ2) is 6.98. The first-order valence-corrected chi connectivity index (χ1v) is 9.17. The molecule has 0 aromatic heterocycles. The van der Waals surface area contributed by atoms with E-state index in [4.69, 9.17) is 0 Å². The van der Waals surface area contributed by atoms with E-state index in [2.05, 4.69) is 80.6 Å². The molecule has 2 nitrogen and oxygen atoms in total. The summed E-state index contributed by atoms with van der Waals surface area (Å²) < 4.78 is 0. The molecule has 24 heavy (non-hydrogen) atoms. The van der Waals surface area contributed by atoms with Crippen LogP contribution in [0.25, 0.3) is 0 Å². The Labute approximate surface area is 147 Å². The molecule has 0 spiro atoms. The van der Waals surface area contributed by atoms with Gasteiger partial charge in [0.15, 0.2) is 0 Å². The number of nitrogens with zero attached hydrogens (tertiary/aromatic N) is 2. The van der Waals surface area contributed by atoms with Gasteiger partial charge in [0.25, 0.3) is 0 Å². The van der Waals surface area contributed by atoms with Crippen LogP contribution in [0.2, 0.25) is 0 Å². The van der Waals surface area contributed by atoms with Crippen LogP contribution in [0, 0.1) is 5.92 Å². The largest absolute Gasteiger partial charge is 0.348 e. The van der Waals surface area contributed by atoms with Crippen molar-refractivity contribution in [2.24, 2.45) is 5.92 Å². The van der Waals surface area contributed by atoms with Crippen molar-refractivity contribution in [3.63, 3.8) is 0 Å². The zero-order valence-electron chi connectivity index (χ0n) is 15.5. The highest BCUT2D eigenvalue weighted by atomic mass is 15.3. The molecule has 2 heterocycles. The topological polar surface area (TPSA) is 6.48 Å². The highest BCUT2D eigenvalue weighted by molar-refractivity contribution is 5.44. The molecule has 1 fully saturated rings. The highest BCUT2D eigenvalue weighted by Crippen LogP contribution is 2.33. The highest BCUT2D eigenvalue weighted by Gasteiger charge is 2.34. The van der Waals surface area contributed by atoms with E-state index < -0.39 is 0 Å². The molecule has 2 aliphatic rings. The van der Waals surface area contributed by atoms with Gasteiger partial charge >= 0.3 is 0 Å². The predicted molar refractivity (Wildman–Crippen MR) is 103 cm³/mol. The number of rotatable bonds is 4. The minimum atomic E-state index is 0.450. The van der Waals surface area contributed by atoms with Crippen LogP contribution in [-0.4, -0.2) is 28.9 Å². The van der Waals surface area contributed by atoms with Gasteiger partial charge in [-0.15, -0.1) is 0 Å².